The van der Waals surface area contributed by atoms with E-state index < -0.39 is 21.5 Å². The fourth-order valence-corrected chi connectivity index (χ4v) is 7.33. The summed E-state index contributed by atoms with van der Waals surface area (Å²) >= 11 is 0. The van der Waals surface area contributed by atoms with Crippen LogP contribution >= 0.6 is 0 Å². The van der Waals surface area contributed by atoms with Crippen molar-refractivity contribution in [3.05, 3.63) is 70.0 Å². The van der Waals surface area contributed by atoms with E-state index in [-0.39, 0.29) is 73.2 Å². The molecule has 2 aromatic carbocycles. The van der Waals surface area contributed by atoms with Crippen molar-refractivity contribution < 1.29 is 32.9 Å². The molecule has 0 bridgehead atoms. The van der Waals surface area contributed by atoms with E-state index in [0.717, 1.165) is 36.7 Å². The standard InChI is InChI=1S/C33H43N5O8S/c1-23-28(22-45-3)31(33(42)37(32(23)41)17-19-46-20-18-39)36-35-29-11-7-8-12-30(29)47(43,44)38(21-25-9-5-4-6-10-25)27-15-13-26(14-16-27)34-24(2)40/h7-8,11-16,25,39,42H,4-6,9-10,17-22H2,1-3H3,(H,34,40)/b36-35+. The zero-order chi connectivity index (χ0) is 34.0. The van der Waals surface area contributed by atoms with E-state index in [2.05, 4.69) is 15.5 Å². The molecule has 47 heavy (non-hydrogen) atoms. The second-order valence-corrected chi connectivity index (χ2v) is 13.3. The lowest BCUT2D eigenvalue weighted by molar-refractivity contribution is -0.114. The van der Waals surface area contributed by atoms with Gasteiger partial charge in [0.25, 0.3) is 15.6 Å². The van der Waals surface area contributed by atoms with Crippen LogP contribution < -0.4 is 15.2 Å². The Morgan fingerprint density at radius 3 is 2.43 bits per heavy atom. The van der Waals surface area contributed by atoms with E-state index in [4.69, 9.17) is 14.6 Å². The molecule has 3 aromatic rings. The zero-order valence-electron chi connectivity index (χ0n) is 27.0. The van der Waals surface area contributed by atoms with Gasteiger partial charge in [-0.3, -0.25) is 18.5 Å². The zero-order valence-corrected chi connectivity index (χ0v) is 27.8. The maximum atomic E-state index is 14.5. The molecule has 1 amide bonds. The molecule has 1 aromatic heterocycles. The number of methoxy groups -OCH3 is 1. The minimum Gasteiger partial charge on any atom is -0.493 e. The average Bonchev–Trinajstić information content (AvgIpc) is 3.06. The first kappa shape index (κ1) is 35.7. The van der Waals surface area contributed by atoms with Crippen LogP contribution in [-0.2, 0) is 37.4 Å². The summed E-state index contributed by atoms with van der Waals surface area (Å²) in [6.07, 6.45) is 5.02. The van der Waals surface area contributed by atoms with Gasteiger partial charge in [-0.2, -0.15) is 0 Å². The summed E-state index contributed by atoms with van der Waals surface area (Å²) in [5, 5.41) is 31.5. The highest BCUT2D eigenvalue weighted by atomic mass is 32.2. The molecule has 1 saturated carbocycles. The number of carbonyl (C=O) groups is 1. The van der Waals surface area contributed by atoms with Crippen molar-refractivity contribution in [1.29, 1.82) is 0 Å². The highest BCUT2D eigenvalue weighted by Crippen LogP contribution is 2.37. The smallest absolute Gasteiger partial charge is 0.266 e. The number of carbonyl (C=O) groups excluding carboxylic acids is 1. The molecule has 0 spiro atoms. The molecular formula is C33H43N5O8S. The SMILES string of the molecule is COCc1c(/N=N/c2ccccc2S(=O)(=O)N(CC2CCCCC2)c2ccc(NC(C)=O)cc2)c(O)n(CCOCCO)c(=O)c1C. The number of nitrogens with one attached hydrogen (secondary N) is 1. The van der Waals surface area contributed by atoms with Crippen LogP contribution in [0.4, 0.5) is 22.7 Å². The van der Waals surface area contributed by atoms with Crippen molar-refractivity contribution in [2.24, 2.45) is 16.1 Å². The summed E-state index contributed by atoms with van der Waals surface area (Å²) in [5.74, 6) is -0.534. The van der Waals surface area contributed by atoms with Gasteiger partial charge in [0.05, 0.1) is 38.7 Å². The van der Waals surface area contributed by atoms with Crippen molar-refractivity contribution in [2.75, 3.05) is 43.1 Å². The number of azo groups is 1. The lowest BCUT2D eigenvalue weighted by Gasteiger charge is -2.31. The van der Waals surface area contributed by atoms with Crippen LogP contribution in [0, 0.1) is 12.8 Å². The number of sulfonamides is 1. The van der Waals surface area contributed by atoms with E-state index >= 15 is 0 Å². The van der Waals surface area contributed by atoms with Crippen LogP contribution in [0.1, 0.15) is 50.2 Å². The van der Waals surface area contributed by atoms with Gasteiger partial charge in [-0.15, -0.1) is 10.2 Å². The molecule has 0 unspecified atom stereocenters. The first-order valence-corrected chi connectivity index (χ1v) is 17.1. The van der Waals surface area contributed by atoms with E-state index in [1.54, 1.807) is 43.3 Å². The largest absolute Gasteiger partial charge is 0.493 e. The van der Waals surface area contributed by atoms with E-state index in [1.807, 2.05) is 0 Å². The Kier molecular flexibility index (Phi) is 12.6. The molecule has 1 heterocycles. The fraction of sp³-hybridized carbons (Fsp3) is 0.455. The Bertz CT molecular complexity index is 1720. The number of nitrogens with zero attached hydrogens (tertiary/aromatic N) is 4. The average molecular weight is 670 g/mol. The third-order valence-corrected chi connectivity index (χ3v) is 9.91. The normalized spacial score (nSPS) is 14.0. The Morgan fingerprint density at radius 2 is 1.77 bits per heavy atom. The molecule has 0 atom stereocenters. The highest BCUT2D eigenvalue weighted by Gasteiger charge is 2.31. The Balaban J connectivity index is 1.77. The lowest BCUT2D eigenvalue weighted by Crippen LogP contribution is -2.36. The number of hydrogen-bond donors (Lipinski definition) is 3. The number of aliphatic hydroxyl groups excluding tert-OH is 1. The Hall–Kier alpha value is -4.11. The molecule has 1 aliphatic carbocycles. The minimum absolute atomic E-state index is 0.0108. The van der Waals surface area contributed by atoms with Crippen LogP contribution in [-0.4, -0.2) is 62.6 Å². The first-order chi connectivity index (χ1) is 22.6. The maximum absolute atomic E-state index is 14.5. The second-order valence-electron chi connectivity index (χ2n) is 11.4. The summed E-state index contributed by atoms with van der Waals surface area (Å²) in [4.78, 5) is 24.5. The van der Waals surface area contributed by atoms with Crippen molar-refractivity contribution in [1.82, 2.24) is 4.57 Å². The molecule has 4 rings (SSSR count). The number of pyridine rings is 1. The second kappa shape index (κ2) is 16.6. The van der Waals surface area contributed by atoms with Gasteiger partial charge in [0, 0.05) is 37.4 Å². The molecule has 1 aliphatic rings. The van der Waals surface area contributed by atoms with E-state index in [9.17, 15) is 23.1 Å². The summed E-state index contributed by atoms with van der Waals surface area (Å²) in [7, 11) is -2.74. The van der Waals surface area contributed by atoms with E-state index in [1.165, 1.54) is 30.5 Å². The van der Waals surface area contributed by atoms with Crippen LogP contribution in [0.5, 0.6) is 5.88 Å². The maximum Gasteiger partial charge on any atom is 0.266 e. The quantitative estimate of drug-likeness (QED) is 0.147. The molecular weight excluding hydrogens is 626 g/mol. The fourth-order valence-electron chi connectivity index (χ4n) is 5.67. The van der Waals surface area contributed by atoms with E-state index in [0.29, 0.717) is 16.9 Å². The monoisotopic (exact) mass is 669 g/mol. The van der Waals surface area contributed by atoms with Gasteiger partial charge >= 0.3 is 0 Å². The number of rotatable bonds is 15. The van der Waals surface area contributed by atoms with Gasteiger partial charge in [0.15, 0.2) is 5.69 Å². The topological polar surface area (TPSA) is 172 Å². The summed E-state index contributed by atoms with van der Waals surface area (Å²) in [5.41, 5.74) is 1.13. The van der Waals surface area contributed by atoms with Crippen molar-refractivity contribution >= 4 is 38.7 Å². The molecule has 0 saturated heterocycles. The van der Waals surface area contributed by atoms with Crippen LogP contribution in [0.25, 0.3) is 0 Å². The third-order valence-electron chi connectivity index (χ3n) is 8.07. The Morgan fingerprint density at radius 1 is 1.06 bits per heavy atom. The molecule has 13 nitrogen and oxygen atoms in total. The molecule has 1 fully saturated rings. The number of amides is 1. The van der Waals surface area contributed by atoms with Crippen molar-refractivity contribution in [3.63, 3.8) is 0 Å². The molecule has 0 radical (unpaired) electrons. The summed E-state index contributed by atoms with van der Waals surface area (Å²) in [6.45, 7) is 3.14. The van der Waals surface area contributed by atoms with Crippen LogP contribution in [0.15, 0.2) is 68.4 Å². The highest BCUT2D eigenvalue weighted by molar-refractivity contribution is 7.93. The summed E-state index contributed by atoms with van der Waals surface area (Å²) in [6, 6.07) is 12.9. The molecule has 3 N–H and O–H groups in total. The first-order valence-electron chi connectivity index (χ1n) is 15.6. The van der Waals surface area contributed by atoms with Gasteiger partial charge in [-0.05, 0) is 62.1 Å². The number of anilines is 2. The van der Waals surface area contributed by atoms with Crippen molar-refractivity contribution in [3.8, 4) is 5.88 Å². The summed E-state index contributed by atoms with van der Waals surface area (Å²) < 4.78 is 42.0. The van der Waals surface area contributed by atoms with Crippen LogP contribution in [0.3, 0.4) is 0 Å². The predicted molar refractivity (Wildman–Crippen MR) is 178 cm³/mol. The number of hydrogen-bond acceptors (Lipinski definition) is 10. The number of aromatic nitrogens is 1. The van der Waals surface area contributed by atoms with Gasteiger partial charge in [0.2, 0.25) is 11.8 Å². The minimum atomic E-state index is -4.18. The number of benzene rings is 2. The van der Waals surface area contributed by atoms with Gasteiger partial charge < -0.3 is 25.0 Å². The number of aromatic hydroxyl groups is 1. The van der Waals surface area contributed by atoms with Gasteiger partial charge in [-0.25, -0.2) is 8.42 Å². The lowest BCUT2D eigenvalue weighted by atomic mass is 9.89. The Labute approximate surface area is 274 Å². The molecule has 0 aliphatic heterocycles. The number of aliphatic hydroxyl groups is 1. The predicted octanol–water partition coefficient (Wildman–Crippen LogP) is 5.17. The van der Waals surface area contributed by atoms with Crippen molar-refractivity contribution in [2.45, 2.75) is 64.0 Å². The van der Waals surface area contributed by atoms with Crippen LogP contribution in [0.2, 0.25) is 0 Å². The third kappa shape index (κ3) is 8.83. The number of ether oxygens (including phenoxy) is 2. The molecule has 254 valence electrons. The van der Waals surface area contributed by atoms with Gasteiger partial charge in [0.1, 0.15) is 10.6 Å². The van der Waals surface area contributed by atoms with Gasteiger partial charge in [-0.1, -0.05) is 31.4 Å². The molecule has 14 heteroatoms.